The van der Waals surface area contributed by atoms with Crippen LogP contribution in [-0.4, -0.2) is 96.8 Å². The van der Waals surface area contributed by atoms with Crippen LogP contribution in [0.4, 0.5) is 22.7 Å². The van der Waals surface area contributed by atoms with E-state index < -0.39 is 35.8 Å². The van der Waals surface area contributed by atoms with Crippen molar-refractivity contribution < 1.29 is 35.8 Å². The predicted molar refractivity (Wildman–Crippen MR) is 175 cm³/mol. The molecule has 5 aromatic carbocycles. The quantitative estimate of drug-likeness (QED) is 0.0831. The summed E-state index contributed by atoms with van der Waals surface area (Å²) in [5, 5.41) is 26.7. The van der Waals surface area contributed by atoms with E-state index in [0.717, 1.165) is 29.0 Å². The first-order valence-corrected chi connectivity index (χ1v) is 15.8. The average Bonchev–Trinajstić information content (AvgIpc) is 2.99. The smallest absolute Gasteiger partial charge is 0.295 e. The van der Waals surface area contributed by atoms with Crippen molar-refractivity contribution in [2.75, 3.05) is 6.61 Å². The molecule has 3 N–H and O–H groups in total. The van der Waals surface area contributed by atoms with Crippen LogP contribution < -0.4 is 4.74 Å². The van der Waals surface area contributed by atoms with Crippen LogP contribution in [0.15, 0.2) is 127 Å². The number of nitrogens with zero attached hydrogens (tertiary/aromatic N) is 4. The second kappa shape index (κ2) is 15.7. The fourth-order valence-electron chi connectivity index (χ4n) is 4.26. The zero-order valence-electron chi connectivity index (χ0n) is 24.9. The molecule has 0 aromatic heterocycles. The number of azo groups is 2. The molecule has 0 saturated heterocycles. The van der Waals surface area contributed by atoms with Crippen molar-refractivity contribution in [2.24, 2.45) is 20.5 Å². The van der Waals surface area contributed by atoms with Crippen LogP contribution in [0.2, 0.25) is 0 Å². The molecule has 46 heavy (non-hydrogen) atoms. The molecule has 0 bridgehead atoms. The minimum Gasteiger partial charge on any atom is -0.506 e. The molecule has 0 aliphatic heterocycles. The van der Waals surface area contributed by atoms with Gasteiger partial charge in [0.2, 0.25) is 0 Å². The van der Waals surface area contributed by atoms with Crippen molar-refractivity contribution in [3.8, 4) is 22.6 Å². The molecule has 0 fully saturated rings. The van der Waals surface area contributed by atoms with Crippen LogP contribution in [0.25, 0.3) is 21.9 Å². The van der Waals surface area contributed by atoms with Gasteiger partial charge in [0, 0.05) is 64.5 Å². The van der Waals surface area contributed by atoms with E-state index in [-0.39, 0.29) is 75.6 Å². The fraction of sp³-hybridized carbons (Fsp3) is 0.0667. The van der Waals surface area contributed by atoms with Gasteiger partial charge < -0.3 is 9.84 Å². The Morgan fingerprint density at radius 1 is 0.630 bits per heavy atom. The maximum Gasteiger partial charge on any atom is 0.295 e. The third kappa shape index (κ3) is 9.07. The van der Waals surface area contributed by atoms with E-state index in [9.17, 15) is 31.0 Å². The van der Waals surface area contributed by atoms with Crippen LogP contribution in [0, 0.1) is 0 Å². The Morgan fingerprint density at radius 3 is 1.57 bits per heavy atom. The van der Waals surface area contributed by atoms with Gasteiger partial charge in [-0.2, -0.15) is 32.2 Å². The van der Waals surface area contributed by atoms with Crippen molar-refractivity contribution in [1.82, 2.24) is 0 Å². The van der Waals surface area contributed by atoms with Gasteiger partial charge in [-0.1, -0.05) is 30.3 Å². The number of aromatic hydroxyl groups is 1. The molecule has 0 heterocycles. The summed E-state index contributed by atoms with van der Waals surface area (Å²) in [6.07, 6.45) is 0. The maximum absolute atomic E-state index is 12.1. The minimum absolute atomic E-state index is 0. The van der Waals surface area contributed by atoms with E-state index in [1.807, 2.05) is 55.5 Å². The molecular formula is C30H24N4Na2O8S2. The SMILES string of the molecule is CCOc1ccc(N=Nc2ccc(-c3ccc(N=Nc4c(O)ccc5cc(S(=O)(=O)O)cc(S(=O)(=O)O)c45)cc3)cc2)cc1.[Na].[Na]. The number of hydrogen-bond donors (Lipinski definition) is 3. The van der Waals surface area contributed by atoms with Gasteiger partial charge in [-0.15, -0.1) is 5.11 Å². The minimum atomic E-state index is -5.00. The monoisotopic (exact) mass is 678 g/mol. The van der Waals surface area contributed by atoms with Crippen LogP contribution in [0.1, 0.15) is 6.92 Å². The molecule has 0 spiro atoms. The van der Waals surface area contributed by atoms with Gasteiger partial charge in [0.25, 0.3) is 20.2 Å². The first kappa shape index (κ1) is 37.4. The van der Waals surface area contributed by atoms with Crippen molar-refractivity contribution in [1.29, 1.82) is 0 Å². The van der Waals surface area contributed by atoms with E-state index >= 15 is 0 Å². The van der Waals surface area contributed by atoms with Crippen LogP contribution in [-0.2, 0) is 20.2 Å². The summed E-state index contributed by atoms with van der Waals surface area (Å²) in [4.78, 5) is -1.63. The fourth-order valence-corrected chi connectivity index (χ4v) is 5.63. The second-order valence-corrected chi connectivity index (χ2v) is 12.1. The summed E-state index contributed by atoms with van der Waals surface area (Å²) in [7, 11) is -9.81. The molecular weight excluding hydrogens is 654 g/mol. The Bertz CT molecular complexity index is 2130. The first-order valence-electron chi connectivity index (χ1n) is 12.9. The van der Waals surface area contributed by atoms with Crippen LogP contribution >= 0.6 is 0 Å². The molecule has 5 aromatic rings. The Morgan fingerprint density at radius 2 is 1.11 bits per heavy atom. The van der Waals surface area contributed by atoms with Gasteiger partial charge in [-0.25, -0.2) is 0 Å². The summed E-state index contributed by atoms with van der Waals surface area (Å²) in [5.74, 6) is 0.292. The number of ether oxygens (including phenoxy) is 1. The predicted octanol–water partition coefficient (Wildman–Crippen LogP) is 7.17. The number of hydrogen-bond acceptors (Lipinski definition) is 10. The van der Waals surface area contributed by atoms with Gasteiger partial charge in [0.1, 0.15) is 22.1 Å². The zero-order chi connectivity index (χ0) is 31.5. The topological polar surface area (TPSA) is 188 Å². The maximum atomic E-state index is 12.1. The van der Waals surface area contributed by atoms with Gasteiger partial charge >= 0.3 is 0 Å². The number of benzene rings is 5. The molecule has 0 aliphatic carbocycles. The van der Waals surface area contributed by atoms with E-state index in [2.05, 4.69) is 20.5 Å². The normalized spacial score (nSPS) is 11.8. The third-order valence-electron chi connectivity index (χ3n) is 6.34. The molecule has 5 rings (SSSR count). The average molecular weight is 679 g/mol. The Balaban J connectivity index is 0.00000288. The Labute approximate surface area is 309 Å². The molecule has 2 radical (unpaired) electrons. The Hall–Kier alpha value is -3.02. The Kier molecular flexibility index (Phi) is 12.8. The number of rotatable bonds is 9. The molecule has 0 amide bonds. The summed E-state index contributed by atoms with van der Waals surface area (Å²) in [6.45, 7) is 2.50. The van der Waals surface area contributed by atoms with E-state index in [4.69, 9.17) is 4.74 Å². The van der Waals surface area contributed by atoms with Gasteiger partial charge in [-0.05, 0) is 90.2 Å². The van der Waals surface area contributed by atoms with Crippen molar-refractivity contribution >= 4 is 113 Å². The summed E-state index contributed by atoms with van der Waals surface area (Å²) in [5.41, 5.74) is 3.14. The van der Waals surface area contributed by atoms with Crippen molar-refractivity contribution in [3.63, 3.8) is 0 Å². The van der Waals surface area contributed by atoms with E-state index in [0.29, 0.717) is 29.7 Å². The molecule has 0 atom stereocenters. The molecule has 0 saturated carbocycles. The number of phenols is 1. The summed E-state index contributed by atoms with van der Waals surface area (Å²) < 4.78 is 72.1. The molecule has 0 aliphatic rings. The number of phenolic OH excluding ortho intramolecular Hbond substituents is 1. The van der Waals surface area contributed by atoms with Gasteiger partial charge in [-0.3, -0.25) is 9.11 Å². The van der Waals surface area contributed by atoms with Crippen molar-refractivity contribution in [2.45, 2.75) is 16.7 Å². The van der Waals surface area contributed by atoms with Crippen molar-refractivity contribution in [3.05, 3.63) is 97.1 Å². The molecule has 0 unspecified atom stereocenters. The number of fused-ring (bicyclic) bond motifs is 1. The third-order valence-corrected chi connectivity index (χ3v) is 8.05. The largest absolute Gasteiger partial charge is 0.506 e. The first-order chi connectivity index (χ1) is 20.9. The molecule has 12 nitrogen and oxygen atoms in total. The molecule has 16 heteroatoms. The van der Waals surface area contributed by atoms with Crippen LogP contribution in [0.5, 0.6) is 11.5 Å². The van der Waals surface area contributed by atoms with E-state index in [1.54, 1.807) is 24.3 Å². The summed E-state index contributed by atoms with van der Waals surface area (Å²) in [6, 6.07) is 25.5. The summed E-state index contributed by atoms with van der Waals surface area (Å²) >= 11 is 0. The standard InChI is InChI=1S/C30H24N4O8S2.2Na/c1-2-42-25-14-12-24(13-15-25)32-31-22-8-3-19(4-9-22)20-5-10-23(11-6-20)33-34-30-27(35)16-7-21-17-26(43(36,37)38)18-28(29(21)30)44(39,40)41;;/h3-18,35H,2H2,1H3,(H,36,37,38)(H,39,40,41);;. The second-order valence-electron chi connectivity index (χ2n) is 9.32. The van der Waals surface area contributed by atoms with Crippen LogP contribution in [0.3, 0.4) is 0 Å². The van der Waals surface area contributed by atoms with Gasteiger partial charge in [0.15, 0.2) is 0 Å². The van der Waals surface area contributed by atoms with Gasteiger partial charge in [0.05, 0.1) is 28.6 Å². The zero-order valence-corrected chi connectivity index (χ0v) is 30.6. The van der Waals surface area contributed by atoms with E-state index in [1.165, 1.54) is 6.07 Å². The molecule has 226 valence electrons.